The molecule has 0 aromatic heterocycles. The van der Waals surface area contributed by atoms with Gasteiger partial charge in [-0.2, -0.15) is 0 Å². The third-order valence-corrected chi connectivity index (χ3v) is 2.93. The zero-order valence-corrected chi connectivity index (χ0v) is 9.40. The summed E-state index contributed by atoms with van der Waals surface area (Å²) in [5.74, 6) is 0.623. The lowest BCUT2D eigenvalue weighted by atomic mass is 9.92. The summed E-state index contributed by atoms with van der Waals surface area (Å²) in [6.45, 7) is 5.67. The molecule has 1 aliphatic carbocycles. The molecule has 0 aromatic carbocycles. The normalized spacial score (nSPS) is 27.2. The van der Waals surface area contributed by atoms with E-state index >= 15 is 0 Å². The minimum Gasteiger partial charge on any atom is -0.311 e. The Morgan fingerprint density at radius 2 is 2.23 bits per heavy atom. The van der Waals surface area contributed by atoms with Gasteiger partial charge in [-0.05, 0) is 24.7 Å². The largest absolute Gasteiger partial charge is 0.311 e. The maximum atomic E-state index is 5.53. The quantitative estimate of drug-likeness (QED) is 0.545. The van der Waals surface area contributed by atoms with Crippen LogP contribution in [-0.2, 0) is 0 Å². The Hall–Kier alpha value is -0.0100. The number of nitrogens with one attached hydrogen (secondary N) is 1. The van der Waals surface area contributed by atoms with Gasteiger partial charge in [0.15, 0.2) is 0 Å². The van der Waals surface area contributed by atoms with Gasteiger partial charge in [0.25, 0.3) is 0 Å². The van der Waals surface area contributed by atoms with Crippen LogP contribution in [0, 0.1) is 5.41 Å². The SMILES string of the molecule is CC1(C)CCC(NC/C=C/CCl)C1. The van der Waals surface area contributed by atoms with Gasteiger partial charge in [-0.3, -0.25) is 0 Å². The number of hydrogen-bond donors (Lipinski definition) is 1. The predicted molar refractivity (Wildman–Crippen MR) is 59.3 cm³/mol. The van der Waals surface area contributed by atoms with Crippen molar-refractivity contribution in [3.8, 4) is 0 Å². The molecule has 76 valence electrons. The van der Waals surface area contributed by atoms with Crippen molar-refractivity contribution in [1.29, 1.82) is 0 Å². The summed E-state index contributed by atoms with van der Waals surface area (Å²) < 4.78 is 0. The summed E-state index contributed by atoms with van der Waals surface area (Å²) in [4.78, 5) is 0. The number of hydrogen-bond acceptors (Lipinski definition) is 1. The van der Waals surface area contributed by atoms with Crippen molar-refractivity contribution >= 4 is 11.6 Å². The molecule has 1 unspecified atom stereocenters. The van der Waals surface area contributed by atoms with E-state index in [0.29, 0.717) is 11.3 Å². The lowest BCUT2D eigenvalue weighted by Crippen LogP contribution is -2.27. The fourth-order valence-corrected chi connectivity index (χ4v) is 2.12. The Kier molecular flexibility index (Phi) is 4.27. The van der Waals surface area contributed by atoms with Crippen LogP contribution in [0.5, 0.6) is 0 Å². The molecule has 0 heterocycles. The Morgan fingerprint density at radius 1 is 1.46 bits per heavy atom. The fourth-order valence-electron chi connectivity index (χ4n) is 1.99. The van der Waals surface area contributed by atoms with Crippen LogP contribution in [0.3, 0.4) is 0 Å². The highest BCUT2D eigenvalue weighted by Gasteiger charge is 2.29. The van der Waals surface area contributed by atoms with Gasteiger partial charge in [-0.25, -0.2) is 0 Å². The van der Waals surface area contributed by atoms with Gasteiger partial charge in [0.1, 0.15) is 0 Å². The maximum absolute atomic E-state index is 5.53. The van der Waals surface area contributed by atoms with Crippen LogP contribution in [0.1, 0.15) is 33.1 Å². The van der Waals surface area contributed by atoms with Crippen LogP contribution in [-0.4, -0.2) is 18.5 Å². The van der Waals surface area contributed by atoms with Crippen LogP contribution in [0.2, 0.25) is 0 Å². The monoisotopic (exact) mass is 201 g/mol. The lowest BCUT2D eigenvalue weighted by Gasteiger charge is -2.17. The minimum absolute atomic E-state index is 0.549. The second kappa shape index (κ2) is 5.02. The molecule has 0 radical (unpaired) electrons. The molecule has 1 N–H and O–H groups in total. The summed E-state index contributed by atoms with van der Waals surface area (Å²) in [6.07, 6.45) is 8.08. The summed E-state index contributed by atoms with van der Waals surface area (Å²) in [5.41, 5.74) is 0.549. The lowest BCUT2D eigenvalue weighted by molar-refractivity contribution is 0.367. The molecule has 1 nitrogen and oxygen atoms in total. The van der Waals surface area contributed by atoms with E-state index in [2.05, 4.69) is 25.2 Å². The van der Waals surface area contributed by atoms with Crippen molar-refractivity contribution < 1.29 is 0 Å². The second-order valence-electron chi connectivity index (χ2n) is 4.64. The average Bonchev–Trinajstić information content (AvgIpc) is 2.40. The topological polar surface area (TPSA) is 12.0 Å². The Bertz CT molecular complexity index is 175. The Morgan fingerprint density at radius 3 is 2.77 bits per heavy atom. The molecule has 2 heteroatoms. The predicted octanol–water partition coefficient (Wildman–Crippen LogP) is 2.95. The first kappa shape index (κ1) is 11.1. The molecule has 1 saturated carbocycles. The standard InChI is InChI=1S/C11H20ClN/c1-11(2)6-5-10(9-11)13-8-4-3-7-12/h3-4,10,13H,5-9H2,1-2H3/b4-3+. The molecule has 0 saturated heterocycles. The van der Waals surface area contributed by atoms with Crippen LogP contribution in [0.25, 0.3) is 0 Å². The molecule has 0 spiro atoms. The smallest absolute Gasteiger partial charge is 0.0404 e. The summed E-state index contributed by atoms with van der Waals surface area (Å²) in [5, 5.41) is 3.53. The summed E-state index contributed by atoms with van der Waals surface area (Å²) in [7, 11) is 0. The molecule has 1 fully saturated rings. The maximum Gasteiger partial charge on any atom is 0.0404 e. The van der Waals surface area contributed by atoms with Crippen molar-refractivity contribution in [2.45, 2.75) is 39.2 Å². The third kappa shape index (κ3) is 4.15. The highest BCUT2D eigenvalue weighted by molar-refractivity contribution is 6.18. The molecule has 1 rings (SSSR count). The van der Waals surface area contributed by atoms with Gasteiger partial charge in [0.2, 0.25) is 0 Å². The number of rotatable bonds is 4. The van der Waals surface area contributed by atoms with Crippen LogP contribution in [0.4, 0.5) is 0 Å². The zero-order chi connectivity index (χ0) is 9.73. The molecular weight excluding hydrogens is 182 g/mol. The van der Waals surface area contributed by atoms with Gasteiger partial charge in [-0.1, -0.05) is 26.0 Å². The van der Waals surface area contributed by atoms with Crippen molar-refractivity contribution in [3.05, 3.63) is 12.2 Å². The van der Waals surface area contributed by atoms with Crippen LogP contribution >= 0.6 is 11.6 Å². The van der Waals surface area contributed by atoms with Crippen molar-refractivity contribution in [2.75, 3.05) is 12.4 Å². The van der Waals surface area contributed by atoms with Gasteiger partial charge in [-0.15, -0.1) is 11.6 Å². The van der Waals surface area contributed by atoms with Crippen molar-refractivity contribution in [3.63, 3.8) is 0 Å². The molecule has 1 aliphatic rings. The number of halogens is 1. The van der Waals surface area contributed by atoms with E-state index in [9.17, 15) is 0 Å². The molecular formula is C11H20ClN. The van der Waals surface area contributed by atoms with Crippen LogP contribution < -0.4 is 5.32 Å². The Balaban J connectivity index is 2.14. The van der Waals surface area contributed by atoms with Gasteiger partial charge in [0.05, 0.1) is 0 Å². The zero-order valence-electron chi connectivity index (χ0n) is 8.65. The highest BCUT2D eigenvalue weighted by atomic mass is 35.5. The van der Waals surface area contributed by atoms with E-state index < -0.39 is 0 Å². The molecule has 0 amide bonds. The van der Waals surface area contributed by atoms with E-state index in [-0.39, 0.29) is 0 Å². The second-order valence-corrected chi connectivity index (χ2v) is 4.95. The summed E-state index contributed by atoms with van der Waals surface area (Å²) in [6, 6.07) is 0.718. The van der Waals surface area contributed by atoms with Crippen molar-refractivity contribution in [1.82, 2.24) is 5.32 Å². The average molecular weight is 202 g/mol. The molecule has 0 bridgehead atoms. The molecule has 1 atom stereocenters. The molecule has 0 aromatic rings. The highest BCUT2D eigenvalue weighted by Crippen LogP contribution is 2.36. The van der Waals surface area contributed by atoms with Gasteiger partial charge < -0.3 is 5.32 Å². The number of allylic oxidation sites excluding steroid dienone is 1. The van der Waals surface area contributed by atoms with E-state index in [1.807, 2.05) is 6.08 Å². The first-order chi connectivity index (χ1) is 6.14. The van der Waals surface area contributed by atoms with Gasteiger partial charge in [0, 0.05) is 18.5 Å². The summed E-state index contributed by atoms with van der Waals surface area (Å²) >= 11 is 5.53. The first-order valence-electron chi connectivity index (χ1n) is 5.08. The van der Waals surface area contributed by atoms with E-state index in [4.69, 9.17) is 11.6 Å². The van der Waals surface area contributed by atoms with Crippen molar-refractivity contribution in [2.24, 2.45) is 5.41 Å². The Labute approximate surface area is 86.5 Å². The number of alkyl halides is 1. The van der Waals surface area contributed by atoms with E-state index in [0.717, 1.165) is 12.6 Å². The van der Waals surface area contributed by atoms with E-state index in [1.165, 1.54) is 19.3 Å². The van der Waals surface area contributed by atoms with Gasteiger partial charge >= 0.3 is 0 Å². The molecule has 13 heavy (non-hydrogen) atoms. The third-order valence-electron chi connectivity index (χ3n) is 2.75. The minimum atomic E-state index is 0.549. The fraction of sp³-hybridized carbons (Fsp3) is 0.818. The van der Waals surface area contributed by atoms with E-state index in [1.54, 1.807) is 0 Å². The molecule has 0 aliphatic heterocycles. The first-order valence-corrected chi connectivity index (χ1v) is 5.62. The van der Waals surface area contributed by atoms with Crippen LogP contribution in [0.15, 0.2) is 12.2 Å².